The van der Waals surface area contributed by atoms with Crippen molar-refractivity contribution in [2.24, 2.45) is 7.05 Å². The fourth-order valence-corrected chi connectivity index (χ4v) is 3.30. The van der Waals surface area contributed by atoms with E-state index in [0.717, 1.165) is 33.9 Å². The van der Waals surface area contributed by atoms with Crippen LogP contribution in [-0.2, 0) is 18.4 Å². The van der Waals surface area contributed by atoms with E-state index in [2.05, 4.69) is 10.4 Å². The normalized spacial score (nSPS) is 12.9. The molecule has 0 saturated heterocycles. The van der Waals surface area contributed by atoms with Crippen LogP contribution in [0.3, 0.4) is 0 Å². The van der Waals surface area contributed by atoms with Crippen molar-refractivity contribution in [3.8, 4) is 11.5 Å². The summed E-state index contributed by atoms with van der Waals surface area (Å²) in [6, 6.07) is 15.4. The first-order chi connectivity index (χ1) is 12.1. The Labute approximate surface area is 146 Å². The number of benzene rings is 2. The Morgan fingerprint density at radius 2 is 1.72 bits per heavy atom. The highest BCUT2D eigenvalue weighted by Gasteiger charge is 2.32. The molecule has 0 atom stereocenters. The number of rotatable bonds is 3. The van der Waals surface area contributed by atoms with Gasteiger partial charge in [0, 0.05) is 36.5 Å². The Hall–Kier alpha value is -3.08. The molecule has 2 heterocycles. The molecule has 4 rings (SSSR count). The van der Waals surface area contributed by atoms with Crippen molar-refractivity contribution in [2.75, 3.05) is 0 Å². The number of carbonyl (C=O) groups excluding carboxylic acids is 1. The van der Waals surface area contributed by atoms with Crippen LogP contribution in [0.25, 0.3) is 0 Å². The largest absolute Gasteiger partial charge is 0.457 e. The molecule has 0 aliphatic carbocycles. The first-order valence-electron chi connectivity index (χ1n) is 8.26. The lowest BCUT2D eigenvalue weighted by Crippen LogP contribution is -2.31. The van der Waals surface area contributed by atoms with Crippen LogP contribution in [0, 0.1) is 6.92 Å². The lowest BCUT2D eigenvalue weighted by molar-refractivity contribution is -0.122. The van der Waals surface area contributed by atoms with Gasteiger partial charge in [-0.25, -0.2) is 0 Å². The zero-order valence-corrected chi connectivity index (χ0v) is 14.2. The van der Waals surface area contributed by atoms with E-state index in [1.165, 1.54) is 0 Å². The van der Waals surface area contributed by atoms with Crippen LogP contribution < -0.4 is 10.1 Å². The van der Waals surface area contributed by atoms with Crippen molar-refractivity contribution in [3.05, 3.63) is 77.1 Å². The van der Waals surface area contributed by atoms with Crippen LogP contribution in [0.4, 0.5) is 0 Å². The summed E-state index contributed by atoms with van der Waals surface area (Å²) in [7, 11) is 1.88. The lowest BCUT2D eigenvalue weighted by Gasteiger charge is -2.27. The number of hydrogen-bond acceptors (Lipinski definition) is 3. The number of nitrogens with one attached hydrogen (secondary N) is 1. The van der Waals surface area contributed by atoms with E-state index in [0.29, 0.717) is 6.54 Å². The predicted molar refractivity (Wildman–Crippen MR) is 94.6 cm³/mol. The smallest absolute Gasteiger partial charge is 0.232 e. The van der Waals surface area contributed by atoms with Gasteiger partial charge in [0.25, 0.3) is 0 Å². The molecule has 0 fully saturated rings. The van der Waals surface area contributed by atoms with Gasteiger partial charge in [0.1, 0.15) is 11.5 Å². The molecule has 0 unspecified atom stereocenters. The maximum atomic E-state index is 13.0. The van der Waals surface area contributed by atoms with Gasteiger partial charge in [0.05, 0.1) is 11.6 Å². The molecular weight excluding hydrogens is 314 g/mol. The highest BCUT2D eigenvalue weighted by Crippen LogP contribution is 2.43. The minimum absolute atomic E-state index is 0.0357. The van der Waals surface area contributed by atoms with Crippen molar-refractivity contribution in [1.82, 2.24) is 15.1 Å². The van der Waals surface area contributed by atoms with Gasteiger partial charge in [-0.3, -0.25) is 9.48 Å². The number of amides is 1. The van der Waals surface area contributed by atoms with Crippen LogP contribution in [0.15, 0.2) is 54.7 Å². The van der Waals surface area contributed by atoms with E-state index >= 15 is 0 Å². The zero-order chi connectivity index (χ0) is 17.4. The molecule has 0 radical (unpaired) electrons. The van der Waals surface area contributed by atoms with Crippen LogP contribution in [0.2, 0.25) is 0 Å². The zero-order valence-electron chi connectivity index (χ0n) is 14.2. The standard InChI is InChI=1S/C20H19N3O2/c1-13-14(12-23(2)22-13)11-21-20(24)19-15-7-3-5-9-17(15)25-18-10-6-4-8-16(18)19/h3-10,12,19H,11H2,1-2H3,(H,21,24). The van der Waals surface area contributed by atoms with Crippen molar-refractivity contribution < 1.29 is 9.53 Å². The van der Waals surface area contributed by atoms with E-state index in [1.54, 1.807) is 4.68 Å². The predicted octanol–water partition coefficient (Wildman–Crippen LogP) is 3.28. The summed E-state index contributed by atoms with van der Waals surface area (Å²) >= 11 is 0. The molecule has 3 aromatic rings. The van der Waals surface area contributed by atoms with E-state index < -0.39 is 0 Å². The van der Waals surface area contributed by atoms with E-state index in [4.69, 9.17) is 4.74 Å². The number of aryl methyl sites for hydroxylation is 2. The highest BCUT2D eigenvalue weighted by atomic mass is 16.5. The second kappa shape index (κ2) is 6.09. The van der Waals surface area contributed by atoms with Crippen molar-refractivity contribution in [3.63, 3.8) is 0 Å². The lowest BCUT2D eigenvalue weighted by atomic mass is 9.87. The van der Waals surface area contributed by atoms with Gasteiger partial charge in [0.15, 0.2) is 0 Å². The number of aromatic nitrogens is 2. The topological polar surface area (TPSA) is 56.2 Å². The molecule has 2 aromatic carbocycles. The van der Waals surface area contributed by atoms with Gasteiger partial charge in [-0.05, 0) is 19.1 Å². The summed E-state index contributed by atoms with van der Waals surface area (Å²) in [5.41, 5.74) is 3.73. The average molecular weight is 333 g/mol. The number of carbonyl (C=O) groups is 1. The molecule has 1 aliphatic heterocycles. The molecule has 0 spiro atoms. The molecule has 126 valence electrons. The molecule has 5 nitrogen and oxygen atoms in total. The third-order valence-corrected chi connectivity index (χ3v) is 4.51. The second-order valence-electron chi connectivity index (χ2n) is 6.24. The molecule has 25 heavy (non-hydrogen) atoms. The summed E-state index contributed by atoms with van der Waals surface area (Å²) < 4.78 is 7.71. The van der Waals surface area contributed by atoms with E-state index in [1.807, 2.05) is 68.7 Å². The molecule has 5 heteroatoms. The van der Waals surface area contributed by atoms with Crippen LogP contribution in [0.1, 0.15) is 28.3 Å². The fourth-order valence-electron chi connectivity index (χ4n) is 3.30. The number of nitrogens with zero attached hydrogens (tertiary/aromatic N) is 2. The Morgan fingerprint density at radius 1 is 1.12 bits per heavy atom. The Balaban J connectivity index is 1.65. The van der Waals surface area contributed by atoms with Gasteiger partial charge in [0.2, 0.25) is 5.91 Å². The second-order valence-corrected chi connectivity index (χ2v) is 6.24. The van der Waals surface area contributed by atoms with Crippen molar-refractivity contribution in [1.29, 1.82) is 0 Å². The number of ether oxygens (including phenoxy) is 1. The first kappa shape index (κ1) is 15.4. The van der Waals surface area contributed by atoms with E-state index in [-0.39, 0.29) is 11.8 Å². The monoisotopic (exact) mass is 333 g/mol. The molecular formula is C20H19N3O2. The number of hydrogen-bond donors (Lipinski definition) is 1. The van der Waals surface area contributed by atoms with Crippen LogP contribution >= 0.6 is 0 Å². The van der Waals surface area contributed by atoms with E-state index in [9.17, 15) is 4.79 Å². The van der Waals surface area contributed by atoms with Crippen LogP contribution in [0.5, 0.6) is 11.5 Å². The maximum Gasteiger partial charge on any atom is 0.232 e. The summed E-state index contributed by atoms with van der Waals surface area (Å²) in [5, 5.41) is 7.38. The SMILES string of the molecule is Cc1nn(C)cc1CNC(=O)C1c2ccccc2Oc2ccccc21. The minimum Gasteiger partial charge on any atom is -0.457 e. The van der Waals surface area contributed by atoms with Gasteiger partial charge in [-0.1, -0.05) is 36.4 Å². The average Bonchev–Trinajstić information content (AvgIpc) is 2.94. The first-order valence-corrected chi connectivity index (χ1v) is 8.26. The molecule has 0 bridgehead atoms. The van der Waals surface area contributed by atoms with Gasteiger partial charge < -0.3 is 10.1 Å². The summed E-state index contributed by atoms with van der Waals surface area (Å²) in [4.78, 5) is 13.0. The Morgan fingerprint density at radius 3 is 2.28 bits per heavy atom. The third kappa shape index (κ3) is 2.78. The van der Waals surface area contributed by atoms with Crippen molar-refractivity contribution >= 4 is 5.91 Å². The maximum absolute atomic E-state index is 13.0. The number of fused-ring (bicyclic) bond motifs is 2. The van der Waals surface area contributed by atoms with Gasteiger partial charge in [-0.2, -0.15) is 5.10 Å². The molecule has 1 aliphatic rings. The molecule has 1 amide bonds. The Bertz CT molecular complexity index is 900. The Kier molecular flexibility index (Phi) is 3.76. The summed E-state index contributed by atoms with van der Waals surface area (Å²) in [5.74, 6) is 1.06. The molecule has 1 N–H and O–H groups in total. The van der Waals surface area contributed by atoms with Crippen LogP contribution in [-0.4, -0.2) is 15.7 Å². The number of para-hydroxylation sites is 2. The molecule has 1 aromatic heterocycles. The third-order valence-electron chi connectivity index (χ3n) is 4.51. The van der Waals surface area contributed by atoms with Crippen molar-refractivity contribution in [2.45, 2.75) is 19.4 Å². The van der Waals surface area contributed by atoms with Gasteiger partial charge in [-0.15, -0.1) is 0 Å². The van der Waals surface area contributed by atoms with Gasteiger partial charge >= 0.3 is 0 Å². The molecule has 0 saturated carbocycles. The fraction of sp³-hybridized carbons (Fsp3) is 0.200. The quantitative estimate of drug-likeness (QED) is 0.800. The summed E-state index contributed by atoms with van der Waals surface area (Å²) in [6.45, 7) is 2.40. The minimum atomic E-state index is -0.377. The summed E-state index contributed by atoms with van der Waals surface area (Å²) in [6.07, 6.45) is 1.93. The highest BCUT2D eigenvalue weighted by molar-refractivity contribution is 5.89.